The molecule has 0 aliphatic carbocycles. The molecule has 0 bridgehead atoms. The Morgan fingerprint density at radius 3 is 2.68 bits per heavy atom. The molecule has 0 atom stereocenters. The Bertz CT molecular complexity index is 734. The van der Waals surface area contributed by atoms with Crippen molar-refractivity contribution in [3.05, 3.63) is 52.4 Å². The average Bonchev–Trinajstić information content (AvgIpc) is 2.41. The molecule has 94 valence electrons. The highest BCUT2D eigenvalue weighted by atomic mass is 79.9. The summed E-state index contributed by atoms with van der Waals surface area (Å²) in [6.45, 7) is 0. The summed E-state index contributed by atoms with van der Waals surface area (Å²) in [4.78, 5) is 12.8. The SMILES string of the molecule is Clc1nc(Sc2ccc(Br)cn2)c2ccccc2n1. The molecule has 0 unspecified atom stereocenters. The van der Waals surface area contributed by atoms with Crippen molar-refractivity contribution in [2.45, 2.75) is 10.1 Å². The monoisotopic (exact) mass is 351 g/mol. The quantitative estimate of drug-likeness (QED) is 0.499. The molecule has 3 nitrogen and oxygen atoms in total. The van der Waals surface area contributed by atoms with Gasteiger partial charge in [0, 0.05) is 16.1 Å². The maximum absolute atomic E-state index is 5.95. The van der Waals surface area contributed by atoms with Crippen molar-refractivity contribution >= 4 is 50.2 Å². The van der Waals surface area contributed by atoms with E-state index in [0.29, 0.717) is 0 Å². The van der Waals surface area contributed by atoms with Crippen molar-refractivity contribution < 1.29 is 0 Å². The molecule has 6 heteroatoms. The van der Waals surface area contributed by atoms with Crippen molar-refractivity contribution in [2.75, 3.05) is 0 Å². The van der Waals surface area contributed by atoms with Crippen molar-refractivity contribution in [2.24, 2.45) is 0 Å². The highest BCUT2D eigenvalue weighted by Crippen LogP contribution is 2.31. The summed E-state index contributed by atoms with van der Waals surface area (Å²) in [6.07, 6.45) is 1.76. The fourth-order valence-corrected chi connectivity index (χ4v) is 2.93. The van der Waals surface area contributed by atoms with E-state index in [1.807, 2.05) is 36.4 Å². The smallest absolute Gasteiger partial charge is 0.224 e. The lowest BCUT2D eigenvalue weighted by molar-refractivity contribution is 1.08. The molecule has 0 fully saturated rings. The molecule has 3 rings (SSSR count). The van der Waals surface area contributed by atoms with Gasteiger partial charge in [-0.1, -0.05) is 18.2 Å². The molecule has 2 heterocycles. The Morgan fingerprint density at radius 1 is 1.05 bits per heavy atom. The third-order valence-electron chi connectivity index (χ3n) is 2.44. The number of hydrogen-bond donors (Lipinski definition) is 0. The summed E-state index contributed by atoms with van der Waals surface area (Å²) in [5.41, 5.74) is 0.835. The zero-order valence-electron chi connectivity index (χ0n) is 9.55. The molecule has 3 aromatic rings. The first kappa shape index (κ1) is 12.8. The number of benzene rings is 1. The minimum atomic E-state index is 0.248. The van der Waals surface area contributed by atoms with Crippen LogP contribution in [0.15, 0.2) is 57.1 Å². The van der Waals surface area contributed by atoms with Gasteiger partial charge in [-0.15, -0.1) is 0 Å². The molecule has 0 N–H and O–H groups in total. The lowest BCUT2D eigenvalue weighted by atomic mass is 10.2. The molecule has 2 aromatic heterocycles. The number of rotatable bonds is 2. The van der Waals surface area contributed by atoms with Crippen LogP contribution in [-0.4, -0.2) is 15.0 Å². The van der Waals surface area contributed by atoms with Gasteiger partial charge >= 0.3 is 0 Å². The summed E-state index contributed by atoms with van der Waals surface area (Å²) in [6, 6.07) is 11.7. The molecule has 0 saturated carbocycles. The van der Waals surface area contributed by atoms with E-state index in [1.54, 1.807) is 6.20 Å². The zero-order valence-corrected chi connectivity index (χ0v) is 12.7. The zero-order chi connectivity index (χ0) is 13.2. The van der Waals surface area contributed by atoms with Crippen LogP contribution in [0.25, 0.3) is 10.9 Å². The van der Waals surface area contributed by atoms with Crippen LogP contribution in [0.2, 0.25) is 5.28 Å². The molecule has 0 saturated heterocycles. The van der Waals surface area contributed by atoms with Gasteiger partial charge in [-0.05, 0) is 57.5 Å². The lowest BCUT2D eigenvalue weighted by Gasteiger charge is -2.05. The predicted octanol–water partition coefficient (Wildman–Crippen LogP) is 4.59. The second-order valence-electron chi connectivity index (χ2n) is 3.73. The third kappa shape index (κ3) is 2.88. The fourth-order valence-electron chi connectivity index (χ4n) is 1.62. The first-order valence-electron chi connectivity index (χ1n) is 5.44. The van der Waals surface area contributed by atoms with Crippen LogP contribution in [0.3, 0.4) is 0 Å². The van der Waals surface area contributed by atoms with Crippen LogP contribution in [0.5, 0.6) is 0 Å². The van der Waals surface area contributed by atoms with Crippen LogP contribution >= 0.6 is 39.3 Å². The van der Waals surface area contributed by atoms with E-state index < -0.39 is 0 Å². The molecule has 1 aromatic carbocycles. The Hall–Kier alpha value is -1.17. The Morgan fingerprint density at radius 2 is 1.89 bits per heavy atom. The summed E-state index contributed by atoms with van der Waals surface area (Å²) in [7, 11) is 0. The predicted molar refractivity (Wildman–Crippen MR) is 80.6 cm³/mol. The van der Waals surface area contributed by atoms with E-state index in [9.17, 15) is 0 Å². The summed E-state index contributed by atoms with van der Waals surface area (Å²) >= 11 is 10.8. The van der Waals surface area contributed by atoms with E-state index in [0.717, 1.165) is 25.4 Å². The summed E-state index contributed by atoms with van der Waals surface area (Å²) in [5.74, 6) is 0. The normalized spacial score (nSPS) is 10.8. The number of aromatic nitrogens is 3. The van der Waals surface area contributed by atoms with Crippen molar-refractivity contribution in [3.63, 3.8) is 0 Å². The van der Waals surface area contributed by atoms with Crippen LogP contribution < -0.4 is 0 Å². The highest BCUT2D eigenvalue weighted by Gasteiger charge is 2.08. The molecule has 19 heavy (non-hydrogen) atoms. The Balaban J connectivity index is 2.07. The van der Waals surface area contributed by atoms with Gasteiger partial charge in [0.1, 0.15) is 10.1 Å². The first-order chi connectivity index (χ1) is 9.22. The molecule has 0 spiro atoms. The van der Waals surface area contributed by atoms with Gasteiger partial charge in [0.25, 0.3) is 0 Å². The van der Waals surface area contributed by atoms with Crippen molar-refractivity contribution in [3.8, 4) is 0 Å². The van der Waals surface area contributed by atoms with Gasteiger partial charge < -0.3 is 0 Å². The first-order valence-corrected chi connectivity index (χ1v) is 7.43. The Labute approximate surface area is 127 Å². The number of pyridine rings is 1. The average molecular weight is 353 g/mol. The maximum Gasteiger partial charge on any atom is 0.224 e. The third-order valence-corrected chi connectivity index (χ3v) is 4.04. The van der Waals surface area contributed by atoms with Gasteiger partial charge in [0.15, 0.2) is 0 Å². The number of nitrogens with zero attached hydrogens (tertiary/aromatic N) is 3. The van der Waals surface area contributed by atoms with Crippen LogP contribution in [-0.2, 0) is 0 Å². The maximum atomic E-state index is 5.95. The van der Waals surface area contributed by atoms with Gasteiger partial charge in [0.05, 0.1) is 5.52 Å². The minimum Gasteiger partial charge on any atom is -0.248 e. The molecule has 0 aliphatic heterocycles. The van der Waals surface area contributed by atoms with E-state index in [-0.39, 0.29) is 5.28 Å². The van der Waals surface area contributed by atoms with Gasteiger partial charge in [-0.25, -0.2) is 15.0 Å². The highest BCUT2D eigenvalue weighted by molar-refractivity contribution is 9.10. The summed E-state index contributed by atoms with van der Waals surface area (Å²) in [5, 5.41) is 2.90. The van der Waals surface area contributed by atoms with Gasteiger partial charge in [-0.3, -0.25) is 0 Å². The number of fused-ring (bicyclic) bond motifs is 1. The molecule has 0 aliphatic rings. The van der Waals surface area contributed by atoms with E-state index >= 15 is 0 Å². The molecular weight excluding hydrogens is 346 g/mol. The second-order valence-corrected chi connectivity index (χ2v) is 5.99. The van der Waals surface area contributed by atoms with E-state index in [1.165, 1.54) is 11.8 Å². The minimum absolute atomic E-state index is 0.248. The molecule has 0 amide bonds. The number of halogens is 2. The largest absolute Gasteiger partial charge is 0.248 e. The van der Waals surface area contributed by atoms with Crippen molar-refractivity contribution in [1.82, 2.24) is 15.0 Å². The topological polar surface area (TPSA) is 38.7 Å². The van der Waals surface area contributed by atoms with Crippen LogP contribution in [0.4, 0.5) is 0 Å². The summed E-state index contributed by atoms with van der Waals surface area (Å²) < 4.78 is 0.947. The Kier molecular flexibility index (Phi) is 3.68. The van der Waals surface area contributed by atoms with E-state index in [4.69, 9.17) is 11.6 Å². The van der Waals surface area contributed by atoms with Gasteiger partial charge in [-0.2, -0.15) is 0 Å². The molecule has 0 radical (unpaired) electrons. The lowest BCUT2D eigenvalue weighted by Crippen LogP contribution is -1.90. The molecular formula is C13H7BrClN3S. The standard InChI is InChI=1S/C13H7BrClN3S/c14-8-5-6-11(16-7-8)19-12-9-3-1-2-4-10(9)17-13(15)18-12/h1-7H. The van der Waals surface area contributed by atoms with Crippen LogP contribution in [0, 0.1) is 0 Å². The van der Waals surface area contributed by atoms with Crippen LogP contribution in [0.1, 0.15) is 0 Å². The van der Waals surface area contributed by atoms with Crippen molar-refractivity contribution in [1.29, 1.82) is 0 Å². The second kappa shape index (κ2) is 5.45. The van der Waals surface area contributed by atoms with E-state index in [2.05, 4.69) is 30.9 Å². The number of hydrogen-bond acceptors (Lipinski definition) is 4. The van der Waals surface area contributed by atoms with Gasteiger partial charge in [0.2, 0.25) is 5.28 Å². The number of para-hydroxylation sites is 1. The fraction of sp³-hybridized carbons (Fsp3) is 0.